The molecule has 1 N–H and O–H groups in total. The molecule has 3 nitrogen and oxygen atoms in total. The highest BCUT2D eigenvalue weighted by Crippen LogP contribution is 2.24. The molecule has 0 radical (unpaired) electrons. The zero-order chi connectivity index (χ0) is 11.5. The van der Waals surface area contributed by atoms with E-state index in [1.54, 1.807) is 6.07 Å². The molecule has 88 valence electrons. The Labute approximate surface area is 94.9 Å². The highest BCUT2D eigenvalue weighted by atomic mass is 19.1. The number of aliphatic hydroxyl groups excluding tert-OH is 1. The maximum atomic E-state index is 12.7. The number of aromatic nitrogens is 1. The second-order valence-electron chi connectivity index (χ2n) is 4.45. The normalized spacial score (nSPS) is 26.2. The lowest BCUT2D eigenvalue weighted by Gasteiger charge is -2.24. The molecular weight excluding hydrogens is 207 g/mol. The molecule has 1 aromatic heterocycles. The third-order valence-electron chi connectivity index (χ3n) is 3.34. The molecule has 1 aliphatic rings. The molecular formula is C12H17FN2O. The summed E-state index contributed by atoms with van der Waals surface area (Å²) in [5, 5.41) is 9.31. The Balaban J connectivity index is 2.01. The monoisotopic (exact) mass is 224 g/mol. The Morgan fingerprint density at radius 1 is 1.56 bits per heavy atom. The number of hydrogen-bond donors (Lipinski definition) is 1. The Morgan fingerprint density at radius 3 is 3.00 bits per heavy atom. The predicted molar refractivity (Wildman–Crippen MR) is 59.3 cm³/mol. The van der Waals surface area contributed by atoms with Gasteiger partial charge < -0.3 is 5.11 Å². The van der Waals surface area contributed by atoms with Crippen molar-refractivity contribution in [2.24, 2.45) is 5.92 Å². The molecule has 0 aliphatic carbocycles. The quantitative estimate of drug-likeness (QED) is 0.843. The number of halogens is 1. The summed E-state index contributed by atoms with van der Waals surface area (Å²) in [6.45, 7) is 4.00. The van der Waals surface area contributed by atoms with Crippen LogP contribution < -0.4 is 0 Å². The lowest BCUT2D eigenvalue weighted by molar-refractivity contribution is 0.133. The second-order valence-corrected chi connectivity index (χ2v) is 4.45. The third-order valence-corrected chi connectivity index (χ3v) is 3.34. The van der Waals surface area contributed by atoms with Crippen molar-refractivity contribution in [1.29, 1.82) is 0 Å². The molecule has 1 aromatic rings. The topological polar surface area (TPSA) is 36.4 Å². The van der Waals surface area contributed by atoms with Crippen LogP contribution in [0.1, 0.15) is 19.0 Å². The van der Waals surface area contributed by atoms with Crippen LogP contribution in [0.5, 0.6) is 0 Å². The van der Waals surface area contributed by atoms with Gasteiger partial charge >= 0.3 is 0 Å². The Morgan fingerprint density at radius 2 is 2.38 bits per heavy atom. The van der Waals surface area contributed by atoms with E-state index in [-0.39, 0.29) is 18.5 Å². The largest absolute Gasteiger partial charge is 0.395 e. The summed E-state index contributed by atoms with van der Waals surface area (Å²) < 4.78 is 12.7. The van der Waals surface area contributed by atoms with Crippen molar-refractivity contribution in [1.82, 2.24) is 9.88 Å². The molecule has 0 saturated carbocycles. The van der Waals surface area contributed by atoms with Gasteiger partial charge in [-0.25, -0.2) is 4.39 Å². The van der Waals surface area contributed by atoms with E-state index in [2.05, 4.69) is 16.8 Å². The first-order valence-electron chi connectivity index (χ1n) is 5.66. The molecule has 16 heavy (non-hydrogen) atoms. The molecule has 2 rings (SSSR count). The van der Waals surface area contributed by atoms with Crippen molar-refractivity contribution < 1.29 is 9.50 Å². The van der Waals surface area contributed by atoms with Crippen molar-refractivity contribution in [3.8, 4) is 0 Å². The molecule has 1 aliphatic heterocycles. The van der Waals surface area contributed by atoms with Crippen LogP contribution in [0.25, 0.3) is 0 Å². The summed E-state index contributed by atoms with van der Waals surface area (Å²) in [5.41, 5.74) is 0.856. The summed E-state index contributed by atoms with van der Waals surface area (Å²) in [6, 6.07) is 3.34. The first kappa shape index (κ1) is 11.5. The maximum Gasteiger partial charge on any atom is 0.141 e. The van der Waals surface area contributed by atoms with Crippen LogP contribution in [0.4, 0.5) is 4.39 Å². The first-order valence-corrected chi connectivity index (χ1v) is 5.66. The van der Waals surface area contributed by atoms with Crippen molar-refractivity contribution in [2.45, 2.75) is 25.9 Å². The standard InChI is InChI=1S/C12H17FN2O/c1-9-4-5-15(12(9)8-16)7-11-3-2-10(13)6-14-11/h2-3,6,9,12,16H,4-5,7-8H2,1H3/t9-,12-/m0/s1. The summed E-state index contributed by atoms with van der Waals surface area (Å²) in [6.07, 6.45) is 2.34. The van der Waals surface area contributed by atoms with Gasteiger partial charge in [0.2, 0.25) is 0 Å². The van der Waals surface area contributed by atoms with Gasteiger partial charge in [-0.3, -0.25) is 9.88 Å². The van der Waals surface area contributed by atoms with Gasteiger partial charge in [-0.1, -0.05) is 6.92 Å². The number of nitrogens with zero attached hydrogens (tertiary/aromatic N) is 2. The van der Waals surface area contributed by atoms with Gasteiger partial charge in [0.25, 0.3) is 0 Å². The summed E-state index contributed by atoms with van der Waals surface area (Å²) >= 11 is 0. The minimum absolute atomic E-state index is 0.183. The average molecular weight is 224 g/mol. The van der Waals surface area contributed by atoms with Crippen LogP contribution in [0, 0.1) is 11.7 Å². The average Bonchev–Trinajstić information content (AvgIpc) is 2.63. The fourth-order valence-electron chi connectivity index (χ4n) is 2.29. The number of rotatable bonds is 3. The fraction of sp³-hybridized carbons (Fsp3) is 0.583. The van der Waals surface area contributed by atoms with E-state index in [4.69, 9.17) is 0 Å². The van der Waals surface area contributed by atoms with E-state index in [1.807, 2.05) is 0 Å². The number of aliphatic hydroxyl groups is 1. The van der Waals surface area contributed by atoms with Crippen LogP contribution in [-0.2, 0) is 6.54 Å². The van der Waals surface area contributed by atoms with Gasteiger partial charge in [-0.15, -0.1) is 0 Å². The molecule has 1 fully saturated rings. The molecule has 4 heteroatoms. The van der Waals surface area contributed by atoms with Crippen molar-refractivity contribution in [3.63, 3.8) is 0 Å². The SMILES string of the molecule is C[C@H]1CCN(Cc2ccc(F)cn2)[C@H]1CO. The van der Waals surface area contributed by atoms with E-state index in [0.717, 1.165) is 18.7 Å². The lowest BCUT2D eigenvalue weighted by Crippen LogP contribution is -2.34. The molecule has 2 heterocycles. The zero-order valence-electron chi connectivity index (χ0n) is 9.43. The molecule has 0 aromatic carbocycles. The van der Waals surface area contributed by atoms with E-state index < -0.39 is 0 Å². The van der Waals surface area contributed by atoms with Crippen molar-refractivity contribution in [2.75, 3.05) is 13.2 Å². The first-order chi connectivity index (χ1) is 7.70. The summed E-state index contributed by atoms with van der Waals surface area (Å²) in [5.74, 6) is 0.211. The van der Waals surface area contributed by atoms with Crippen LogP contribution in [0.15, 0.2) is 18.3 Å². The van der Waals surface area contributed by atoms with Crippen LogP contribution in [0.2, 0.25) is 0 Å². The fourth-order valence-corrected chi connectivity index (χ4v) is 2.29. The smallest absolute Gasteiger partial charge is 0.141 e. The molecule has 0 bridgehead atoms. The van der Waals surface area contributed by atoms with E-state index >= 15 is 0 Å². The Hall–Kier alpha value is -1.00. The molecule has 0 unspecified atom stereocenters. The summed E-state index contributed by atoms with van der Waals surface area (Å²) in [7, 11) is 0. The van der Waals surface area contributed by atoms with Crippen LogP contribution >= 0.6 is 0 Å². The number of hydrogen-bond acceptors (Lipinski definition) is 3. The van der Waals surface area contributed by atoms with Crippen LogP contribution in [0.3, 0.4) is 0 Å². The molecule has 1 saturated heterocycles. The highest BCUT2D eigenvalue weighted by molar-refractivity contribution is 5.06. The van der Waals surface area contributed by atoms with E-state index in [0.29, 0.717) is 12.5 Å². The Kier molecular flexibility index (Phi) is 3.51. The predicted octanol–water partition coefficient (Wildman–Crippen LogP) is 1.42. The van der Waals surface area contributed by atoms with Crippen molar-refractivity contribution in [3.05, 3.63) is 29.8 Å². The van der Waals surface area contributed by atoms with Gasteiger partial charge in [0.05, 0.1) is 18.5 Å². The highest BCUT2D eigenvalue weighted by Gasteiger charge is 2.30. The van der Waals surface area contributed by atoms with Gasteiger partial charge in [0, 0.05) is 12.6 Å². The van der Waals surface area contributed by atoms with Gasteiger partial charge in [-0.05, 0) is 31.0 Å². The minimum atomic E-state index is -0.308. The number of likely N-dealkylation sites (tertiary alicyclic amines) is 1. The molecule has 0 spiro atoms. The van der Waals surface area contributed by atoms with Gasteiger partial charge in [-0.2, -0.15) is 0 Å². The van der Waals surface area contributed by atoms with Crippen LogP contribution in [-0.4, -0.2) is 34.2 Å². The zero-order valence-corrected chi connectivity index (χ0v) is 9.43. The summed E-state index contributed by atoms with van der Waals surface area (Å²) in [4.78, 5) is 6.25. The third kappa shape index (κ3) is 2.39. The minimum Gasteiger partial charge on any atom is -0.395 e. The van der Waals surface area contributed by atoms with E-state index in [9.17, 15) is 9.50 Å². The lowest BCUT2D eigenvalue weighted by atomic mass is 10.0. The second kappa shape index (κ2) is 4.89. The number of pyridine rings is 1. The van der Waals surface area contributed by atoms with Gasteiger partial charge in [0.1, 0.15) is 5.82 Å². The molecule has 0 amide bonds. The van der Waals surface area contributed by atoms with Crippen molar-refractivity contribution >= 4 is 0 Å². The maximum absolute atomic E-state index is 12.7. The van der Waals surface area contributed by atoms with E-state index in [1.165, 1.54) is 12.3 Å². The Bertz CT molecular complexity index is 341. The van der Waals surface area contributed by atoms with Gasteiger partial charge in [0.15, 0.2) is 0 Å². The molecule has 2 atom stereocenters.